The number of hydrogen-bond acceptors (Lipinski definition) is 3. The molecule has 0 aromatic carbocycles. The van der Waals surface area contributed by atoms with Crippen LogP contribution in [-0.2, 0) is 6.42 Å². The summed E-state index contributed by atoms with van der Waals surface area (Å²) in [4.78, 5) is 2.58. The summed E-state index contributed by atoms with van der Waals surface area (Å²) in [5.41, 5.74) is 7.47. The maximum absolute atomic E-state index is 6.00. The van der Waals surface area contributed by atoms with Crippen LogP contribution in [0.5, 0.6) is 0 Å². The van der Waals surface area contributed by atoms with E-state index in [1.165, 1.54) is 44.5 Å². The van der Waals surface area contributed by atoms with Crippen LogP contribution in [0.4, 0.5) is 0 Å². The Morgan fingerprint density at radius 2 is 2.50 bits per heavy atom. The van der Waals surface area contributed by atoms with Crippen LogP contribution < -0.4 is 5.73 Å². The van der Waals surface area contributed by atoms with E-state index in [-0.39, 0.29) is 0 Å². The van der Waals surface area contributed by atoms with Crippen LogP contribution in [-0.4, -0.2) is 30.6 Å². The fraction of sp³-hybridized carbons (Fsp3) is 0.692. The molecule has 1 aromatic heterocycles. The molecule has 2 nitrogen and oxygen atoms in total. The molecular formula is C13H22N2S. The molecular weight excluding hydrogens is 216 g/mol. The summed E-state index contributed by atoms with van der Waals surface area (Å²) in [5.74, 6) is 0.705. The SMILES string of the molecule is CC(N)C1CCCN(CCc2ccsc2)C1. The number of hydrogen-bond donors (Lipinski definition) is 1. The third-order valence-electron chi connectivity index (χ3n) is 3.58. The number of nitrogens with two attached hydrogens (primary N) is 1. The van der Waals surface area contributed by atoms with Crippen LogP contribution in [0.3, 0.4) is 0 Å². The zero-order valence-electron chi connectivity index (χ0n) is 10.1. The molecule has 0 spiro atoms. The highest BCUT2D eigenvalue weighted by Crippen LogP contribution is 2.19. The normalized spacial score (nSPS) is 24.5. The van der Waals surface area contributed by atoms with E-state index < -0.39 is 0 Å². The highest BCUT2D eigenvalue weighted by Gasteiger charge is 2.22. The molecule has 1 aliphatic heterocycles. The first-order valence-electron chi connectivity index (χ1n) is 6.24. The monoisotopic (exact) mass is 238 g/mol. The quantitative estimate of drug-likeness (QED) is 0.872. The zero-order valence-corrected chi connectivity index (χ0v) is 10.9. The van der Waals surface area contributed by atoms with Gasteiger partial charge in [-0.05, 0) is 61.0 Å². The Labute approximate surface area is 102 Å². The van der Waals surface area contributed by atoms with Crippen molar-refractivity contribution in [2.45, 2.75) is 32.2 Å². The van der Waals surface area contributed by atoms with E-state index in [4.69, 9.17) is 5.73 Å². The maximum atomic E-state index is 6.00. The number of rotatable bonds is 4. The van der Waals surface area contributed by atoms with Crippen molar-refractivity contribution in [3.05, 3.63) is 22.4 Å². The lowest BCUT2D eigenvalue weighted by atomic mass is 9.92. The number of thiophene rings is 1. The van der Waals surface area contributed by atoms with Crippen molar-refractivity contribution in [1.29, 1.82) is 0 Å². The minimum Gasteiger partial charge on any atom is -0.328 e. The van der Waals surface area contributed by atoms with E-state index >= 15 is 0 Å². The zero-order chi connectivity index (χ0) is 11.4. The van der Waals surface area contributed by atoms with Crippen molar-refractivity contribution in [2.24, 2.45) is 11.7 Å². The average Bonchev–Trinajstić information content (AvgIpc) is 2.79. The molecule has 0 aliphatic carbocycles. The van der Waals surface area contributed by atoms with E-state index in [1.807, 2.05) is 0 Å². The summed E-state index contributed by atoms with van der Waals surface area (Å²) in [5, 5.41) is 4.42. The maximum Gasteiger partial charge on any atom is 0.00509 e. The Kier molecular flexibility index (Phi) is 4.38. The van der Waals surface area contributed by atoms with Gasteiger partial charge in [-0.2, -0.15) is 11.3 Å². The summed E-state index contributed by atoms with van der Waals surface area (Å²) in [6.07, 6.45) is 3.82. The summed E-state index contributed by atoms with van der Waals surface area (Å²) < 4.78 is 0. The van der Waals surface area contributed by atoms with Crippen molar-refractivity contribution < 1.29 is 0 Å². The van der Waals surface area contributed by atoms with E-state index in [1.54, 1.807) is 11.3 Å². The van der Waals surface area contributed by atoms with E-state index in [9.17, 15) is 0 Å². The fourth-order valence-corrected chi connectivity index (χ4v) is 3.15. The summed E-state index contributed by atoms with van der Waals surface area (Å²) in [7, 11) is 0. The third-order valence-corrected chi connectivity index (χ3v) is 4.31. The number of likely N-dealkylation sites (tertiary alicyclic amines) is 1. The van der Waals surface area contributed by atoms with Crippen molar-refractivity contribution in [3.63, 3.8) is 0 Å². The molecule has 1 fully saturated rings. The molecule has 2 N–H and O–H groups in total. The topological polar surface area (TPSA) is 29.3 Å². The Morgan fingerprint density at radius 3 is 3.19 bits per heavy atom. The van der Waals surface area contributed by atoms with Crippen LogP contribution in [0.15, 0.2) is 16.8 Å². The average molecular weight is 238 g/mol. The van der Waals surface area contributed by atoms with Gasteiger partial charge in [0.25, 0.3) is 0 Å². The van der Waals surface area contributed by atoms with Crippen LogP contribution >= 0.6 is 11.3 Å². The standard InChI is InChI=1S/C13H22N2S/c1-11(14)13-3-2-6-15(9-13)7-4-12-5-8-16-10-12/h5,8,10-11,13H,2-4,6-7,9,14H2,1H3. The number of nitrogens with zero attached hydrogens (tertiary/aromatic N) is 1. The van der Waals surface area contributed by atoms with Gasteiger partial charge in [-0.3, -0.25) is 0 Å². The van der Waals surface area contributed by atoms with Crippen molar-refractivity contribution in [1.82, 2.24) is 4.90 Å². The van der Waals surface area contributed by atoms with Gasteiger partial charge in [0.1, 0.15) is 0 Å². The second-order valence-electron chi connectivity index (χ2n) is 4.94. The minimum atomic E-state index is 0.351. The Bertz CT molecular complexity index is 295. The molecule has 90 valence electrons. The summed E-state index contributed by atoms with van der Waals surface area (Å²) >= 11 is 1.79. The van der Waals surface area contributed by atoms with Gasteiger partial charge in [0.05, 0.1) is 0 Å². The van der Waals surface area contributed by atoms with Gasteiger partial charge in [-0.25, -0.2) is 0 Å². The highest BCUT2D eigenvalue weighted by molar-refractivity contribution is 7.07. The molecule has 0 saturated carbocycles. The van der Waals surface area contributed by atoms with Crippen molar-refractivity contribution in [2.75, 3.05) is 19.6 Å². The first-order valence-corrected chi connectivity index (χ1v) is 7.19. The van der Waals surface area contributed by atoms with Gasteiger partial charge < -0.3 is 10.6 Å². The van der Waals surface area contributed by atoms with Crippen LogP contribution in [0, 0.1) is 5.92 Å². The first kappa shape index (κ1) is 12.1. The lowest BCUT2D eigenvalue weighted by Gasteiger charge is -2.34. The van der Waals surface area contributed by atoms with Crippen LogP contribution in [0.1, 0.15) is 25.3 Å². The van der Waals surface area contributed by atoms with E-state index in [2.05, 4.69) is 28.7 Å². The lowest BCUT2D eigenvalue weighted by molar-refractivity contribution is 0.163. The molecule has 2 rings (SSSR count). The van der Waals surface area contributed by atoms with E-state index in [0.29, 0.717) is 12.0 Å². The molecule has 0 bridgehead atoms. The molecule has 1 aromatic rings. The fourth-order valence-electron chi connectivity index (χ4n) is 2.45. The molecule has 2 atom stereocenters. The van der Waals surface area contributed by atoms with Crippen LogP contribution in [0.2, 0.25) is 0 Å². The summed E-state index contributed by atoms with van der Waals surface area (Å²) in [6, 6.07) is 2.58. The molecule has 1 saturated heterocycles. The van der Waals surface area contributed by atoms with Crippen molar-refractivity contribution in [3.8, 4) is 0 Å². The number of piperidine rings is 1. The predicted molar refractivity (Wildman–Crippen MR) is 70.8 cm³/mol. The molecule has 1 aliphatic rings. The van der Waals surface area contributed by atoms with Crippen molar-refractivity contribution >= 4 is 11.3 Å². The van der Waals surface area contributed by atoms with Gasteiger partial charge in [-0.1, -0.05) is 0 Å². The largest absolute Gasteiger partial charge is 0.328 e. The molecule has 0 radical (unpaired) electrons. The minimum absolute atomic E-state index is 0.351. The Balaban J connectivity index is 1.77. The van der Waals surface area contributed by atoms with Gasteiger partial charge in [0.15, 0.2) is 0 Å². The molecule has 3 heteroatoms. The Morgan fingerprint density at radius 1 is 1.62 bits per heavy atom. The second-order valence-corrected chi connectivity index (χ2v) is 5.72. The third kappa shape index (κ3) is 3.30. The van der Waals surface area contributed by atoms with Gasteiger partial charge in [0.2, 0.25) is 0 Å². The van der Waals surface area contributed by atoms with Gasteiger partial charge in [0, 0.05) is 19.1 Å². The molecule has 2 heterocycles. The van der Waals surface area contributed by atoms with E-state index in [0.717, 1.165) is 0 Å². The summed E-state index contributed by atoms with van der Waals surface area (Å²) in [6.45, 7) is 5.79. The second kappa shape index (κ2) is 5.80. The lowest BCUT2D eigenvalue weighted by Crippen LogP contribution is -2.43. The smallest absolute Gasteiger partial charge is 0.00509 e. The molecule has 0 amide bonds. The highest BCUT2D eigenvalue weighted by atomic mass is 32.1. The molecule has 16 heavy (non-hydrogen) atoms. The van der Waals surface area contributed by atoms with Crippen LogP contribution in [0.25, 0.3) is 0 Å². The Hall–Kier alpha value is -0.380. The molecule has 2 unspecified atom stereocenters. The van der Waals surface area contributed by atoms with Gasteiger partial charge >= 0.3 is 0 Å². The predicted octanol–water partition coefficient (Wildman–Crippen LogP) is 2.35. The first-order chi connectivity index (χ1) is 7.75. The van der Waals surface area contributed by atoms with Gasteiger partial charge in [-0.15, -0.1) is 0 Å².